The van der Waals surface area contributed by atoms with Gasteiger partial charge in [0.1, 0.15) is 0 Å². The van der Waals surface area contributed by atoms with Crippen molar-refractivity contribution in [3.05, 3.63) is 0 Å². The minimum absolute atomic E-state index is 0. The molecule has 0 aliphatic rings. The summed E-state index contributed by atoms with van der Waals surface area (Å²) in [4.78, 5) is 22.4. The molecule has 2 N–H and O–H groups in total. The maximum absolute atomic E-state index is 11.2. The molecular weight excluding hydrogens is 406 g/mol. The molecule has 0 aromatic rings. The Labute approximate surface area is 178 Å². The fourth-order valence-electron chi connectivity index (χ4n) is 2.70. The molecule has 22 heavy (non-hydrogen) atoms. The number of rotatable bonds is 14. The summed E-state index contributed by atoms with van der Waals surface area (Å²) in [5, 5.41) is 18.3. The molecular formula is C17H34BaO4. The number of carboxylic acids is 2. The van der Waals surface area contributed by atoms with Crippen LogP contribution in [0, 0.1) is 5.41 Å². The van der Waals surface area contributed by atoms with Crippen molar-refractivity contribution in [1.29, 1.82) is 0 Å². The van der Waals surface area contributed by atoms with E-state index >= 15 is 0 Å². The van der Waals surface area contributed by atoms with Gasteiger partial charge in [0.15, 0.2) is 5.41 Å². The van der Waals surface area contributed by atoms with E-state index in [1.807, 2.05) is 0 Å². The van der Waals surface area contributed by atoms with Gasteiger partial charge in [0, 0.05) is 0 Å². The third-order valence-electron chi connectivity index (χ3n) is 4.38. The molecule has 0 heterocycles. The van der Waals surface area contributed by atoms with Crippen LogP contribution in [0.5, 0.6) is 0 Å². The Morgan fingerprint density at radius 1 is 0.773 bits per heavy atom. The number of carbonyl (C=O) groups is 2. The molecule has 0 fully saturated rings. The van der Waals surface area contributed by atoms with Crippen LogP contribution in [0.2, 0.25) is 0 Å². The Morgan fingerprint density at radius 2 is 1.14 bits per heavy atom. The van der Waals surface area contributed by atoms with Gasteiger partial charge in [0.05, 0.1) is 0 Å². The van der Waals surface area contributed by atoms with Gasteiger partial charge in [0.2, 0.25) is 0 Å². The van der Waals surface area contributed by atoms with Gasteiger partial charge in [-0.15, -0.1) is 0 Å². The van der Waals surface area contributed by atoms with E-state index in [0.29, 0.717) is 6.42 Å². The molecule has 0 amide bonds. The zero-order valence-corrected chi connectivity index (χ0v) is 18.8. The largest absolute Gasteiger partial charge is 2.00 e. The Morgan fingerprint density at radius 3 is 1.45 bits per heavy atom. The second-order valence-electron chi connectivity index (χ2n) is 5.98. The van der Waals surface area contributed by atoms with E-state index in [0.717, 1.165) is 12.8 Å². The summed E-state index contributed by atoms with van der Waals surface area (Å²) in [6.07, 6.45) is 12.0. The van der Waals surface area contributed by atoms with Gasteiger partial charge in [-0.05, 0) is 12.8 Å². The molecule has 0 radical (unpaired) electrons. The van der Waals surface area contributed by atoms with Crippen LogP contribution < -0.4 is 0 Å². The third kappa shape index (κ3) is 9.61. The van der Waals surface area contributed by atoms with E-state index in [1.165, 1.54) is 44.9 Å². The van der Waals surface area contributed by atoms with Crippen molar-refractivity contribution in [2.45, 2.75) is 90.9 Å². The predicted octanol–water partition coefficient (Wildman–Crippen LogP) is 4.71. The molecule has 5 heteroatoms. The first-order valence-electron chi connectivity index (χ1n) is 8.48. The number of aliphatic carboxylic acids is 2. The number of hydrogen-bond donors (Lipinski definition) is 2. The summed E-state index contributed by atoms with van der Waals surface area (Å²) < 4.78 is 0. The van der Waals surface area contributed by atoms with E-state index in [4.69, 9.17) is 10.2 Å². The maximum atomic E-state index is 11.2. The molecule has 0 aliphatic heterocycles. The molecule has 0 rings (SSSR count). The van der Waals surface area contributed by atoms with Crippen LogP contribution in [0.15, 0.2) is 0 Å². The monoisotopic (exact) mass is 440 g/mol. The Kier molecular flexibility index (Phi) is 17.0. The van der Waals surface area contributed by atoms with Gasteiger partial charge in [-0.25, -0.2) is 0 Å². The van der Waals surface area contributed by atoms with Crippen LogP contribution >= 0.6 is 0 Å². The second kappa shape index (κ2) is 15.1. The smallest absolute Gasteiger partial charge is 1.00 e. The van der Waals surface area contributed by atoms with Gasteiger partial charge in [-0.2, -0.15) is 0 Å². The molecule has 0 aromatic carbocycles. The molecule has 0 aromatic heterocycles. The minimum atomic E-state index is -1.58. The summed E-state index contributed by atoms with van der Waals surface area (Å²) in [5.41, 5.74) is -1.58. The molecule has 0 unspecified atom stereocenters. The minimum Gasteiger partial charge on any atom is -1.00 e. The molecule has 0 atom stereocenters. The van der Waals surface area contributed by atoms with E-state index in [9.17, 15) is 9.59 Å². The third-order valence-corrected chi connectivity index (χ3v) is 4.38. The average molecular weight is 440 g/mol. The predicted molar refractivity (Wildman–Crippen MR) is 92.4 cm³/mol. The van der Waals surface area contributed by atoms with Crippen molar-refractivity contribution < 1.29 is 22.7 Å². The van der Waals surface area contributed by atoms with Crippen LogP contribution in [-0.2, 0) is 9.59 Å². The van der Waals surface area contributed by atoms with Crippen LogP contribution in [0.4, 0.5) is 0 Å². The SMILES string of the molecule is CCCCCCCCCCCCC(CC)(C(=O)O)C(=O)O.[Ba+2].[H-].[H-]. The molecule has 0 saturated carbocycles. The summed E-state index contributed by atoms with van der Waals surface area (Å²) in [7, 11) is 0. The zero-order valence-electron chi connectivity index (χ0n) is 16.4. The van der Waals surface area contributed by atoms with E-state index in [2.05, 4.69) is 6.92 Å². The number of unbranched alkanes of at least 4 members (excludes halogenated alkanes) is 9. The topological polar surface area (TPSA) is 74.6 Å². The summed E-state index contributed by atoms with van der Waals surface area (Å²) in [5.74, 6) is -2.40. The molecule has 0 saturated heterocycles. The van der Waals surface area contributed by atoms with Crippen molar-refractivity contribution in [2.24, 2.45) is 5.41 Å². The van der Waals surface area contributed by atoms with Crippen molar-refractivity contribution in [1.82, 2.24) is 0 Å². The van der Waals surface area contributed by atoms with Gasteiger partial charge in [0.25, 0.3) is 0 Å². The standard InChI is InChI=1S/C17H32O4.Ba.2H/c1-3-5-6-7-8-9-10-11-12-13-14-17(4-2,15(18)19)16(20)21;;;/h3-14H2,1-2H3,(H,18,19)(H,20,21);;;/q;+2;2*-1. The second-order valence-corrected chi connectivity index (χ2v) is 5.98. The van der Waals surface area contributed by atoms with E-state index in [-0.39, 0.29) is 64.6 Å². The zero-order chi connectivity index (χ0) is 16.1. The molecule has 128 valence electrons. The summed E-state index contributed by atoms with van der Waals surface area (Å²) >= 11 is 0. The Balaban J connectivity index is -0.000000667. The van der Waals surface area contributed by atoms with Gasteiger partial charge in [-0.3, -0.25) is 9.59 Å². The molecule has 0 bridgehead atoms. The number of carboxylic acid groups (broad SMARTS) is 2. The summed E-state index contributed by atoms with van der Waals surface area (Å²) in [6, 6.07) is 0. The first-order valence-corrected chi connectivity index (χ1v) is 8.48. The first-order chi connectivity index (χ1) is 10.0. The van der Waals surface area contributed by atoms with Crippen molar-refractivity contribution in [3.63, 3.8) is 0 Å². The first kappa shape index (κ1) is 24.8. The fourth-order valence-corrected chi connectivity index (χ4v) is 2.70. The number of hydrogen-bond acceptors (Lipinski definition) is 2. The fraction of sp³-hybridized carbons (Fsp3) is 0.882. The van der Waals surface area contributed by atoms with E-state index < -0.39 is 17.4 Å². The molecule has 0 spiro atoms. The van der Waals surface area contributed by atoms with Gasteiger partial charge in [-0.1, -0.05) is 78.1 Å². The average Bonchev–Trinajstić information content (AvgIpc) is 2.44. The van der Waals surface area contributed by atoms with Crippen LogP contribution in [-0.4, -0.2) is 71.0 Å². The van der Waals surface area contributed by atoms with Gasteiger partial charge < -0.3 is 13.1 Å². The Bertz CT molecular complexity index is 301. The Hall–Kier alpha value is 0.511. The van der Waals surface area contributed by atoms with Crippen molar-refractivity contribution in [3.8, 4) is 0 Å². The van der Waals surface area contributed by atoms with E-state index in [1.54, 1.807) is 6.92 Å². The van der Waals surface area contributed by atoms with Gasteiger partial charge >= 0.3 is 60.8 Å². The maximum Gasteiger partial charge on any atom is 2.00 e. The van der Waals surface area contributed by atoms with Crippen molar-refractivity contribution >= 4 is 60.8 Å². The van der Waals surface area contributed by atoms with Crippen LogP contribution in [0.1, 0.15) is 93.8 Å². The molecule has 0 aliphatic carbocycles. The quantitative estimate of drug-likeness (QED) is 0.233. The van der Waals surface area contributed by atoms with Crippen LogP contribution in [0.25, 0.3) is 0 Å². The van der Waals surface area contributed by atoms with Crippen LogP contribution in [0.3, 0.4) is 0 Å². The normalized spacial score (nSPS) is 11.0. The summed E-state index contributed by atoms with van der Waals surface area (Å²) in [6.45, 7) is 3.85. The molecule has 4 nitrogen and oxygen atoms in total. The van der Waals surface area contributed by atoms with Crippen molar-refractivity contribution in [2.75, 3.05) is 0 Å².